The van der Waals surface area contributed by atoms with Crippen molar-refractivity contribution in [3.63, 3.8) is 0 Å². The zero-order valence-electron chi connectivity index (χ0n) is 5.99. The molecule has 1 saturated heterocycles. The summed E-state index contributed by atoms with van der Waals surface area (Å²) in [6.07, 6.45) is 1.28. The lowest BCUT2D eigenvalue weighted by Crippen LogP contribution is -2.19. The first-order valence-corrected chi connectivity index (χ1v) is 3.40. The van der Waals surface area contributed by atoms with E-state index in [2.05, 4.69) is 26.1 Å². The van der Waals surface area contributed by atoms with Crippen LogP contribution in [0, 0.1) is 5.41 Å². The van der Waals surface area contributed by atoms with Gasteiger partial charge in [-0.1, -0.05) is 20.8 Å². The molecule has 1 rings (SSSR count). The molecule has 1 heterocycles. The van der Waals surface area contributed by atoms with Crippen LogP contribution in [-0.4, -0.2) is 12.6 Å². The molecule has 0 saturated carbocycles. The Labute approximate surface area is 51.5 Å². The van der Waals surface area contributed by atoms with Gasteiger partial charge in [0.25, 0.3) is 0 Å². The zero-order valence-corrected chi connectivity index (χ0v) is 5.99. The summed E-state index contributed by atoms with van der Waals surface area (Å²) < 4.78 is 0. The van der Waals surface area contributed by atoms with Crippen LogP contribution in [0.15, 0.2) is 0 Å². The fourth-order valence-electron chi connectivity index (χ4n) is 0.858. The molecule has 0 amide bonds. The standard InChI is InChI=1S/C7H15N/c1-4-7(2,3)6-5-8-6/h6,8H,4-5H2,1-3H3. The molecule has 0 bridgehead atoms. The SMILES string of the molecule is CCC(C)(C)C1CN1. The average molecular weight is 113 g/mol. The molecule has 0 spiro atoms. The van der Waals surface area contributed by atoms with Crippen molar-refractivity contribution in [3.8, 4) is 0 Å². The minimum absolute atomic E-state index is 0.542. The first-order chi connectivity index (χ1) is 3.67. The van der Waals surface area contributed by atoms with Gasteiger partial charge in [0, 0.05) is 12.6 Å². The molecule has 1 fully saturated rings. The van der Waals surface area contributed by atoms with Crippen molar-refractivity contribution in [3.05, 3.63) is 0 Å². The van der Waals surface area contributed by atoms with E-state index in [4.69, 9.17) is 0 Å². The highest BCUT2D eigenvalue weighted by molar-refractivity contribution is 4.95. The lowest BCUT2D eigenvalue weighted by molar-refractivity contribution is 0.343. The van der Waals surface area contributed by atoms with Crippen LogP contribution >= 0.6 is 0 Å². The van der Waals surface area contributed by atoms with Gasteiger partial charge >= 0.3 is 0 Å². The Hall–Kier alpha value is -0.0400. The largest absolute Gasteiger partial charge is 0.311 e. The third kappa shape index (κ3) is 1.03. The van der Waals surface area contributed by atoms with Crippen molar-refractivity contribution in [2.45, 2.75) is 33.2 Å². The van der Waals surface area contributed by atoms with E-state index in [-0.39, 0.29) is 0 Å². The van der Waals surface area contributed by atoms with Crippen LogP contribution in [0.5, 0.6) is 0 Å². The van der Waals surface area contributed by atoms with Gasteiger partial charge in [0.05, 0.1) is 0 Å². The predicted octanol–water partition coefficient (Wildman–Crippen LogP) is 1.39. The molecule has 0 aromatic heterocycles. The van der Waals surface area contributed by atoms with Crippen molar-refractivity contribution in [1.29, 1.82) is 0 Å². The van der Waals surface area contributed by atoms with Gasteiger partial charge in [-0.15, -0.1) is 0 Å². The lowest BCUT2D eigenvalue weighted by Gasteiger charge is -2.19. The predicted molar refractivity (Wildman–Crippen MR) is 35.9 cm³/mol. The van der Waals surface area contributed by atoms with Crippen molar-refractivity contribution >= 4 is 0 Å². The molecule has 0 radical (unpaired) electrons. The molecule has 0 aliphatic carbocycles. The summed E-state index contributed by atoms with van der Waals surface area (Å²) in [4.78, 5) is 0. The molecule has 1 aliphatic rings. The quantitative estimate of drug-likeness (QED) is 0.537. The van der Waals surface area contributed by atoms with Crippen molar-refractivity contribution in [1.82, 2.24) is 5.32 Å². The Kier molecular flexibility index (Phi) is 1.31. The van der Waals surface area contributed by atoms with E-state index in [0.717, 1.165) is 6.04 Å². The van der Waals surface area contributed by atoms with E-state index in [0.29, 0.717) is 5.41 Å². The number of nitrogens with one attached hydrogen (secondary N) is 1. The van der Waals surface area contributed by atoms with Crippen molar-refractivity contribution < 1.29 is 0 Å². The summed E-state index contributed by atoms with van der Waals surface area (Å²) in [6, 6.07) is 0.812. The van der Waals surface area contributed by atoms with Gasteiger partial charge in [0.15, 0.2) is 0 Å². The minimum Gasteiger partial charge on any atom is -0.311 e. The highest BCUT2D eigenvalue weighted by atomic mass is 15.1. The van der Waals surface area contributed by atoms with Crippen LogP contribution in [0.25, 0.3) is 0 Å². The second kappa shape index (κ2) is 1.73. The summed E-state index contributed by atoms with van der Waals surface area (Å²) in [5.74, 6) is 0. The summed E-state index contributed by atoms with van der Waals surface area (Å²) in [5.41, 5.74) is 0.542. The Morgan fingerprint density at radius 3 is 2.25 bits per heavy atom. The Balaban J connectivity index is 2.37. The smallest absolute Gasteiger partial charge is 0.0244 e. The lowest BCUT2D eigenvalue weighted by atomic mass is 9.86. The second-order valence-corrected chi connectivity index (χ2v) is 3.30. The molecule has 1 nitrogen and oxygen atoms in total. The highest BCUT2D eigenvalue weighted by Crippen LogP contribution is 2.29. The van der Waals surface area contributed by atoms with Gasteiger partial charge in [-0.3, -0.25) is 0 Å². The van der Waals surface area contributed by atoms with Gasteiger partial charge in [-0.05, 0) is 11.8 Å². The fraction of sp³-hybridized carbons (Fsp3) is 1.00. The molecule has 1 unspecified atom stereocenters. The Morgan fingerprint density at radius 2 is 2.12 bits per heavy atom. The molecule has 8 heavy (non-hydrogen) atoms. The molecule has 1 heteroatoms. The minimum atomic E-state index is 0.542. The topological polar surface area (TPSA) is 21.9 Å². The molecular formula is C7H15N. The van der Waals surface area contributed by atoms with Crippen LogP contribution in [0.1, 0.15) is 27.2 Å². The van der Waals surface area contributed by atoms with Gasteiger partial charge in [0.1, 0.15) is 0 Å². The third-order valence-electron chi connectivity index (χ3n) is 2.26. The first kappa shape index (κ1) is 6.09. The van der Waals surface area contributed by atoms with Crippen LogP contribution < -0.4 is 5.32 Å². The van der Waals surface area contributed by atoms with Crippen LogP contribution in [0.4, 0.5) is 0 Å². The Morgan fingerprint density at radius 1 is 1.62 bits per heavy atom. The van der Waals surface area contributed by atoms with E-state index in [1.807, 2.05) is 0 Å². The van der Waals surface area contributed by atoms with Crippen LogP contribution in [-0.2, 0) is 0 Å². The number of hydrogen-bond donors (Lipinski definition) is 1. The van der Waals surface area contributed by atoms with E-state index in [1.165, 1.54) is 13.0 Å². The maximum Gasteiger partial charge on any atom is 0.0244 e. The first-order valence-electron chi connectivity index (χ1n) is 3.40. The highest BCUT2D eigenvalue weighted by Gasteiger charge is 2.35. The summed E-state index contributed by atoms with van der Waals surface area (Å²) >= 11 is 0. The van der Waals surface area contributed by atoms with Crippen molar-refractivity contribution in [2.75, 3.05) is 6.54 Å². The molecular weight excluding hydrogens is 98.1 g/mol. The maximum absolute atomic E-state index is 3.33. The second-order valence-electron chi connectivity index (χ2n) is 3.30. The molecule has 48 valence electrons. The van der Waals surface area contributed by atoms with Gasteiger partial charge in [-0.25, -0.2) is 0 Å². The monoisotopic (exact) mass is 113 g/mol. The van der Waals surface area contributed by atoms with E-state index in [1.54, 1.807) is 0 Å². The van der Waals surface area contributed by atoms with Crippen molar-refractivity contribution in [2.24, 2.45) is 5.41 Å². The van der Waals surface area contributed by atoms with Gasteiger partial charge in [-0.2, -0.15) is 0 Å². The van der Waals surface area contributed by atoms with Crippen LogP contribution in [0.2, 0.25) is 0 Å². The number of rotatable bonds is 2. The third-order valence-corrected chi connectivity index (χ3v) is 2.26. The summed E-state index contributed by atoms with van der Waals surface area (Å²) in [5, 5.41) is 3.33. The molecule has 1 aliphatic heterocycles. The average Bonchev–Trinajstić information content (AvgIpc) is 2.44. The van der Waals surface area contributed by atoms with Gasteiger partial charge in [0.2, 0.25) is 0 Å². The van der Waals surface area contributed by atoms with Gasteiger partial charge < -0.3 is 5.32 Å². The summed E-state index contributed by atoms with van der Waals surface area (Å²) in [7, 11) is 0. The van der Waals surface area contributed by atoms with E-state index >= 15 is 0 Å². The molecule has 1 N–H and O–H groups in total. The molecule has 0 aromatic carbocycles. The van der Waals surface area contributed by atoms with E-state index < -0.39 is 0 Å². The Bertz CT molecular complexity index is 82.4. The number of hydrogen-bond acceptors (Lipinski definition) is 1. The fourth-order valence-corrected chi connectivity index (χ4v) is 0.858. The molecule has 0 aromatic rings. The van der Waals surface area contributed by atoms with E-state index in [9.17, 15) is 0 Å². The van der Waals surface area contributed by atoms with Crippen LogP contribution in [0.3, 0.4) is 0 Å². The normalized spacial score (nSPS) is 28.1. The maximum atomic E-state index is 3.33. The zero-order chi connectivity index (χ0) is 6.20. The summed E-state index contributed by atoms with van der Waals surface area (Å²) in [6.45, 7) is 8.12. The molecule has 1 atom stereocenters.